The maximum absolute atomic E-state index is 12.9. The van der Waals surface area contributed by atoms with Gasteiger partial charge in [-0.25, -0.2) is 0 Å². The highest BCUT2D eigenvalue weighted by Gasteiger charge is 2.45. The van der Waals surface area contributed by atoms with Gasteiger partial charge in [0.05, 0.1) is 12.1 Å². The van der Waals surface area contributed by atoms with Gasteiger partial charge >= 0.3 is 0 Å². The molecule has 0 radical (unpaired) electrons. The van der Waals surface area contributed by atoms with E-state index >= 15 is 0 Å². The molecule has 0 unspecified atom stereocenters. The van der Waals surface area contributed by atoms with Gasteiger partial charge in [0.25, 0.3) is 0 Å². The van der Waals surface area contributed by atoms with Crippen LogP contribution in [-0.2, 0) is 17.8 Å². The molecule has 2 fully saturated rings. The molecule has 4 rings (SSSR count). The fourth-order valence-corrected chi connectivity index (χ4v) is 5.04. The molecule has 1 amide bonds. The minimum absolute atomic E-state index is 0.136. The van der Waals surface area contributed by atoms with E-state index in [1.807, 2.05) is 29.2 Å². The average molecular weight is 408 g/mol. The Kier molecular flexibility index (Phi) is 6.52. The molecule has 0 spiro atoms. The molecular formula is C25H33N3O2. The van der Waals surface area contributed by atoms with Crippen LogP contribution in [0.1, 0.15) is 24.5 Å². The first-order chi connectivity index (χ1) is 14.6. The molecule has 2 atom stereocenters. The van der Waals surface area contributed by atoms with Gasteiger partial charge in [0, 0.05) is 51.7 Å². The van der Waals surface area contributed by atoms with Crippen LogP contribution >= 0.6 is 0 Å². The normalized spacial score (nSPS) is 25.1. The summed E-state index contributed by atoms with van der Waals surface area (Å²) in [5.41, 5.74) is 2.23. The number of aliphatic hydroxyl groups excluding tert-OH is 1. The Labute approximate surface area is 179 Å². The Bertz CT molecular complexity index is 829. The first-order valence-corrected chi connectivity index (χ1v) is 11.0. The lowest BCUT2D eigenvalue weighted by atomic mass is 9.91. The average Bonchev–Trinajstić information content (AvgIpc) is 2.78. The van der Waals surface area contributed by atoms with E-state index < -0.39 is 0 Å². The number of amides is 1. The van der Waals surface area contributed by atoms with E-state index in [2.05, 4.69) is 53.1 Å². The van der Waals surface area contributed by atoms with Crippen LogP contribution in [0.2, 0.25) is 0 Å². The van der Waals surface area contributed by atoms with E-state index in [9.17, 15) is 9.90 Å². The van der Waals surface area contributed by atoms with E-state index in [0.29, 0.717) is 6.42 Å². The number of rotatable bonds is 6. The van der Waals surface area contributed by atoms with Crippen LogP contribution in [0.4, 0.5) is 0 Å². The molecule has 5 heteroatoms. The number of nitrogens with zero attached hydrogens (tertiary/aromatic N) is 3. The smallest absolute Gasteiger partial charge is 0.222 e. The van der Waals surface area contributed by atoms with E-state index in [0.717, 1.165) is 45.7 Å². The Balaban J connectivity index is 1.40. The van der Waals surface area contributed by atoms with Crippen LogP contribution in [0, 0.1) is 0 Å². The van der Waals surface area contributed by atoms with Crippen molar-refractivity contribution in [1.29, 1.82) is 0 Å². The number of hydrogen-bond acceptors (Lipinski definition) is 4. The van der Waals surface area contributed by atoms with E-state index in [-0.39, 0.29) is 24.1 Å². The summed E-state index contributed by atoms with van der Waals surface area (Å²) in [6, 6.07) is 21.0. The van der Waals surface area contributed by atoms with E-state index in [4.69, 9.17) is 0 Å². The predicted octanol–water partition coefficient (Wildman–Crippen LogP) is 2.40. The molecular weight excluding hydrogens is 374 g/mol. The Morgan fingerprint density at radius 2 is 1.67 bits per heavy atom. The lowest BCUT2D eigenvalue weighted by molar-refractivity contribution is -0.141. The SMILES string of the molecule is C[C@@]1(CO)CN(Cc2ccccc2)C[C@@H]2CN(C(=O)CCc3ccccc3)CCN21. The summed E-state index contributed by atoms with van der Waals surface area (Å²) < 4.78 is 0. The van der Waals surface area contributed by atoms with Gasteiger partial charge in [0.2, 0.25) is 5.91 Å². The van der Waals surface area contributed by atoms with Gasteiger partial charge in [0.15, 0.2) is 0 Å². The molecule has 160 valence electrons. The summed E-state index contributed by atoms with van der Waals surface area (Å²) in [6.07, 6.45) is 1.35. The van der Waals surface area contributed by atoms with Gasteiger partial charge in [0.1, 0.15) is 0 Å². The maximum Gasteiger partial charge on any atom is 0.222 e. The van der Waals surface area contributed by atoms with Crippen LogP contribution < -0.4 is 0 Å². The summed E-state index contributed by atoms with van der Waals surface area (Å²) in [5.74, 6) is 0.240. The number of aliphatic hydroxyl groups is 1. The number of fused-ring (bicyclic) bond motifs is 1. The molecule has 2 heterocycles. The monoisotopic (exact) mass is 407 g/mol. The highest BCUT2D eigenvalue weighted by Crippen LogP contribution is 2.29. The summed E-state index contributed by atoms with van der Waals surface area (Å²) in [6.45, 7) is 7.26. The van der Waals surface area contributed by atoms with Crippen molar-refractivity contribution in [3.05, 3.63) is 71.8 Å². The zero-order valence-corrected chi connectivity index (χ0v) is 17.9. The second kappa shape index (κ2) is 9.29. The van der Waals surface area contributed by atoms with Crippen LogP contribution in [0.3, 0.4) is 0 Å². The fourth-order valence-electron chi connectivity index (χ4n) is 5.04. The third-order valence-electron chi connectivity index (χ3n) is 6.62. The minimum Gasteiger partial charge on any atom is -0.394 e. The topological polar surface area (TPSA) is 47.0 Å². The number of carbonyl (C=O) groups excluding carboxylic acids is 1. The van der Waals surface area contributed by atoms with Crippen molar-refractivity contribution in [3.8, 4) is 0 Å². The van der Waals surface area contributed by atoms with Gasteiger partial charge in [-0.1, -0.05) is 60.7 Å². The second-order valence-electron chi connectivity index (χ2n) is 8.98. The first kappa shape index (κ1) is 21.0. The second-order valence-corrected chi connectivity index (χ2v) is 8.98. The largest absolute Gasteiger partial charge is 0.394 e. The summed E-state index contributed by atoms with van der Waals surface area (Å²) >= 11 is 0. The Morgan fingerprint density at radius 1 is 1.00 bits per heavy atom. The van der Waals surface area contributed by atoms with Gasteiger partial charge in [-0.15, -0.1) is 0 Å². The van der Waals surface area contributed by atoms with Crippen LogP contribution in [0.5, 0.6) is 0 Å². The number of piperazine rings is 2. The molecule has 2 aromatic rings. The maximum atomic E-state index is 12.9. The zero-order chi connectivity index (χ0) is 21.0. The van der Waals surface area contributed by atoms with Crippen LogP contribution in [-0.4, -0.2) is 76.6 Å². The minimum atomic E-state index is -0.267. The highest BCUT2D eigenvalue weighted by atomic mass is 16.3. The van der Waals surface area contributed by atoms with Gasteiger partial charge < -0.3 is 10.0 Å². The molecule has 0 saturated carbocycles. The zero-order valence-electron chi connectivity index (χ0n) is 17.9. The van der Waals surface area contributed by atoms with Crippen molar-refractivity contribution < 1.29 is 9.90 Å². The van der Waals surface area contributed by atoms with Crippen molar-refractivity contribution >= 4 is 5.91 Å². The first-order valence-electron chi connectivity index (χ1n) is 11.0. The molecule has 2 aromatic carbocycles. The molecule has 0 aromatic heterocycles. The summed E-state index contributed by atoms with van der Waals surface area (Å²) in [5, 5.41) is 10.2. The van der Waals surface area contributed by atoms with Crippen molar-refractivity contribution in [2.24, 2.45) is 0 Å². The van der Waals surface area contributed by atoms with Crippen LogP contribution in [0.15, 0.2) is 60.7 Å². The van der Waals surface area contributed by atoms with E-state index in [1.54, 1.807) is 0 Å². The number of hydrogen-bond donors (Lipinski definition) is 1. The molecule has 2 aliphatic heterocycles. The third kappa shape index (κ3) is 4.75. The Morgan fingerprint density at radius 3 is 2.33 bits per heavy atom. The lowest BCUT2D eigenvalue weighted by Crippen LogP contribution is -2.72. The van der Waals surface area contributed by atoms with Crippen molar-refractivity contribution in [3.63, 3.8) is 0 Å². The summed E-state index contributed by atoms with van der Waals surface area (Å²) in [4.78, 5) is 19.8. The lowest BCUT2D eigenvalue weighted by Gasteiger charge is -2.56. The quantitative estimate of drug-likeness (QED) is 0.799. The third-order valence-corrected chi connectivity index (χ3v) is 6.62. The molecule has 0 bridgehead atoms. The van der Waals surface area contributed by atoms with Gasteiger partial charge in [-0.2, -0.15) is 0 Å². The van der Waals surface area contributed by atoms with E-state index in [1.165, 1.54) is 11.1 Å². The fraction of sp³-hybridized carbons (Fsp3) is 0.480. The number of benzene rings is 2. The Hall–Kier alpha value is -2.21. The number of aryl methyl sites for hydroxylation is 1. The molecule has 1 N–H and O–H groups in total. The standard InChI is InChI=1S/C25H33N3O2/c1-25(20-29)19-26(16-22-10-6-3-7-11-22)17-23-18-27(14-15-28(23)25)24(30)13-12-21-8-4-2-5-9-21/h2-11,23,29H,12-20H2,1H3/t23-,25+/m1/s1. The van der Waals surface area contributed by atoms with Crippen molar-refractivity contribution in [2.75, 3.05) is 39.3 Å². The molecule has 2 saturated heterocycles. The molecule has 5 nitrogen and oxygen atoms in total. The van der Waals surface area contributed by atoms with Crippen molar-refractivity contribution in [1.82, 2.24) is 14.7 Å². The van der Waals surface area contributed by atoms with Crippen LogP contribution in [0.25, 0.3) is 0 Å². The molecule has 30 heavy (non-hydrogen) atoms. The number of carbonyl (C=O) groups is 1. The summed E-state index contributed by atoms with van der Waals surface area (Å²) in [7, 11) is 0. The molecule has 2 aliphatic rings. The van der Waals surface area contributed by atoms with Gasteiger partial charge in [-0.05, 0) is 24.5 Å². The van der Waals surface area contributed by atoms with Gasteiger partial charge in [-0.3, -0.25) is 14.6 Å². The predicted molar refractivity (Wildman–Crippen MR) is 119 cm³/mol. The molecule has 0 aliphatic carbocycles. The highest BCUT2D eigenvalue weighted by molar-refractivity contribution is 5.76. The van der Waals surface area contributed by atoms with Crippen molar-refractivity contribution in [2.45, 2.75) is 37.9 Å².